The Labute approximate surface area is 141 Å². The van der Waals surface area contributed by atoms with E-state index in [0.717, 1.165) is 6.26 Å². The summed E-state index contributed by atoms with van der Waals surface area (Å²) in [6, 6.07) is 13.4. The highest BCUT2D eigenvalue weighted by molar-refractivity contribution is 7.90. The lowest BCUT2D eigenvalue weighted by Crippen LogP contribution is -2.05. The normalized spacial score (nSPS) is 12.3. The summed E-state index contributed by atoms with van der Waals surface area (Å²) in [5.41, 5.74) is 0.447. The molecule has 0 amide bonds. The zero-order chi connectivity index (χ0) is 18.2. The summed E-state index contributed by atoms with van der Waals surface area (Å²) in [4.78, 5) is 0.0667. The molecule has 0 N–H and O–H groups in total. The van der Waals surface area contributed by atoms with Crippen molar-refractivity contribution in [3.8, 4) is 22.4 Å². The summed E-state index contributed by atoms with van der Waals surface area (Å²) in [6.07, 6.45) is -3.65. The van der Waals surface area contributed by atoms with E-state index in [9.17, 15) is 21.6 Å². The molecule has 1 heterocycles. The molecule has 0 saturated carbocycles. The minimum Gasteiger partial charge on any atom is -0.350 e. The predicted octanol–water partition coefficient (Wildman–Crippen LogP) is 4.43. The number of aromatic nitrogens is 1. The Morgan fingerprint density at radius 3 is 2.04 bits per heavy atom. The van der Waals surface area contributed by atoms with Crippen molar-refractivity contribution in [1.29, 1.82) is 0 Å². The van der Waals surface area contributed by atoms with Gasteiger partial charge in [0.15, 0.2) is 9.84 Å². The molecule has 0 spiro atoms. The monoisotopic (exact) mass is 364 g/mol. The number of alkyl halides is 3. The van der Waals surface area contributed by atoms with E-state index >= 15 is 0 Å². The van der Waals surface area contributed by atoms with Crippen molar-refractivity contribution in [3.05, 3.63) is 60.4 Å². The van der Waals surface area contributed by atoms with Gasteiger partial charge in [0.05, 0.1) is 10.5 Å². The quantitative estimate of drug-likeness (QED) is 0.690. The number of rotatable bonds is 3. The van der Waals surface area contributed by atoms with Crippen LogP contribution in [0, 0.1) is 0 Å². The van der Waals surface area contributed by atoms with Crippen molar-refractivity contribution in [1.82, 2.24) is 5.16 Å². The molecule has 3 rings (SSSR count). The summed E-state index contributed by atoms with van der Waals surface area (Å²) < 4.78 is 67.4. The Morgan fingerprint density at radius 1 is 0.920 bits per heavy atom. The topological polar surface area (TPSA) is 60.2 Å². The number of hydrogen-bond donors (Lipinski definition) is 0. The van der Waals surface area contributed by atoms with Crippen LogP contribution in [0.15, 0.2) is 64.0 Å². The first-order chi connectivity index (χ1) is 11.7. The zero-order valence-electron chi connectivity index (χ0n) is 12.9. The average molecular weight is 364 g/mol. The molecule has 4 nitrogen and oxygen atoms in total. The van der Waals surface area contributed by atoms with E-state index in [4.69, 9.17) is 0 Å². The van der Waals surface area contributed by atoms with Gasteiger partial charge in [-0.2, -0.15) is 13.2 Å². The van der Waals surface area contributed by atoms with Crippen LogP contribution >= 0.6 is 0 Å². The predicted molar refractivity (Wildman–Crippen MR) is 85.5 cm³/mol. The van der Waals surface area contributed by atoms with Crippen LogP contribution in [0.2, 0.25) is 0 Å². The highest BCUT2D eigenvalue weighted by Crippen LogP contribution is 2.42. The first-order valence-corrected chi connectivity index (χ1v) is 9.00. The summed E-state index contributed by atoms with van der Waals surface area (Å²) in [5.74, 6) is -1.19. The van der Waals surface area contributed by atoms with E-state index in [1.54, 1.807) is 18.2 Å². The van der Waals surface area contributed by atoms with E-state index in [2.05, 4.69) is 9.68 Å². The summed E-state index contributed by atoms with van der Waals surface area (Å²) in [6.45, 7) is 0. The van der Waals surface area contributed by atoms with Gasteiger partial charge in [0, 0.05) is 11.8 Å². The molecule has 0 fully saturated rings. The van der Waals surface area contributed by atoms with Crippen LogP contribution in [0.3, 0.4) is 0 Å². The standard InChI is InChI=1S/C17H12F3NO3S/c1-25(22,23)13-9-7-12(8-10-13)15-14(11-5-3-2-4-6-11)16(24-21-15)17(18,19)20/h2-10H,1H3/i18-1,19-1,20-1. The van der Waals surface area contributed by atoms with Crippen LogP contribution in [-0.2, 0) is 16.0 Å². The number of sulfone groups is 1. The molecule has 0 atom stereocenters. The molecular formula is C17H12F3NO3S. The van der Waals surface area contributed by atoms with Crippen LogP contribution in [0.1, 0.15) is 5.76 Å². The molecule has 0 aliphatic carbocycles. The second-order valence-corrected chi connectivity index (χ2v) is 7.41. The Bertz CT molecular complexity index is 992. The second kappa shape index (κ2) is 6.03. The van der Waals surface area contributed by atoms with Crippen molar-refractivity contribution in [2.24, 2.45) is 0 Å². The van der Waals surface area contributed by atoms with Gasteiger partial charge in [-0.3, -0.25) is 0 Å². The minimum absolute atomic E-state index is 0.00132. The molecule has 1 aromatic heterocycles. The summed E-state index contributed by atoms with van der Waals surface area (Å²) >= 11 is 0. The maximum absolute atomic E-state index is 13.3. The van der Waals surface area contributed by atoms with Crippen molar-refractivity contribution >= 4 is 9.84 Å². The van der Waals surface area contributed by atoms with Gasteiger partial charge in [-0.1, -0.05) is 47.6 Å². The van der Waals surface area contributed by atoms with Crippen molar-refractivity contribution in [3.63, 3.8) is 0 Å². The third kappa shape index (κ3) is 3.43. The molecule has 0 saturated heterocycles. The summed E-state index contributed by atoms with van der Waals surface area (Å²) in [5, 5.41) is 3.58. The SMILES string of the molecule is CS(=O)(=O)c1ccc(-c2noc(C([18F])([18F])[18F])c2-c2ccccc2)cc1. The van der Waals surface area contributed by atoms with Gasteiger partial charge in [-0.15, -0.1) is 0 Å². The molecule has 130 valence electrons. The Hall–Kier alpha value is -2.61. The first kappa shape index (κ1) is 17.2. The Morgan fingerprint density at radius 2 is 1.52 bits per heavy atom. The molecule has 0 bridgehead atoms. The minimum atomic E-state index is -4.71. The second-order valence-electron chi connectivity index (χ2n) is 5.40. The maximum Gasteiger partial charge on any atom is 0.453 e. The van der Waals surface area contributed by atoms with Gasteiger partial charge >= 0.3 is 6.18 Å². The molecule has 2 aromatic carbocycles. The smallest absolute Gasteiger partial charge is 0.350 e. The Kier molecular flexibility index (Phi) is 4.16. The molecule has 0 radical (unpaired) electrons. The Balaban J connectivity index is 2.19. The summed E-state index contributed by atoms with van der Waals surface area (Å²) in [7, 11) is -3.41. The molecule has 0 aliphatic rings. The molecule has 3 aromatic rings. The maximum atomic E-state index is 13.3. The van der Waals surface area contributed by atoms with Gasteiger partial charge in [0.2, 0.25) is 5.76 Å². The fourth-order valence-corrected chi connectivity index (χ4v) is 3.04. The fourth-order valence-electron chi connectivity index (χ4n) is 2.41. The fraction of sp³-hybridized carbons (Fsp3) is 0.118. The molecular weight excluding hydrogens is 352 g/mol. The van der Waals surface area contributed by atoms with E-state index in [-0.39, 0.29) is 16.2 Å². The number of hydrogen-bond acceptors (Lipinski definition) is 4. The molecule has 0 aliphatic heterocycles. The highest BCUT2D eigenvalue weighted by atomic mass is 32.2. The van der Waals surface area contributed by atoms with Crippen LogP contribution < -0.4 is 0 Å². The van der Waals surface area contributed by atoms with E-state index in [1.165, 1.54) is 36.4 Å². The number of benzene rings is 2. The lowest BCUT2D eigenvalue weighted by Gasteiger charge is -2.07. The van der Waals surface area contributed by atoms with Crippen LogP contribution in [0.5, 0.6) is 0 Å². The largest absolute Gasteiger partial charge is 0.453 e. The highest BCUT2D eigenvalue weighted by Gasteiger charge is 2.41. The van der Waals surface area contributed by atoms with Gasteiger partial charge < -0.3 is 4.52 Å². The van der Waals surface area contributed by atoms with Gasteiger partial charge in [-0.25, -0.2) is 8.42 Å². The van der Waals surface area contributed by atoms with E-state index in [1.807, 2.05) is 0 Å². The zero-order valence-corrected chi connectivity index (χ0v) is 13.7. The molecule has 8 heteroatoms. The molecule has 25 heavy (non-hydrogen) atoms. The number of halogens is 3. The van der Waals surface area contributed by atoms with Crippen LogP contribution in [0.25, 0.3) is 22.4 Å². The van der Waals surface area contributed by atoms with Crippen molar-refractivity contribution in [2.75, 3.05) is 6.26 Å². The van der Waals surface area contributed by atoms with Crippen LogP contribution in [0.4, 0.5) is 13.2 Å². The lowest BCUT2D eigenvalue weighted by atomic mass is 9.99. The lowest BCUT2D eigenvalue weighted by molar-refractivity contribution is -0.154. The van der Waals surface area contributed by atoms with Gasteiger partial charge in [-0.05, 0) is 17.7 Å². The average Bonchev–Trinajstić information content (AvgIpc) is 3.00. The number of nitrogens with zero attached hydrogens (tertiary/aromatic N) is 1. The van der Waals surface area contributed by atoms with Gasteiger partial charge in [0.25, 0.3) is 0 Å². The van der Waals surface area contributed by atoms with Crippen molar-refractivity contribution < 1.29 is 26.1 Å². The van der Waals surface area contributed by atoms with E-state index in [0.29, 0.717) is 11.1 Å². The first-order valence-electron chi connectivity index (χ1n) is 7.11. The third-order valence-electron chi connectivity index (χ3n) is 3.57. The van der Waals surface area contributed by atoms with Crippen LogP contribution in [-0.4, -0.2) is 19.8 Å². The van der Waals surface area contributed by atoms with Gasteiger partial charge in [0.1, 0.15) is 5.69 Å². The molecule has 0 unspecified atom stereocenters. The van der Waals surface area contributed by atoms with Crippen molar-refractivity contribution in [2.45, 2.75) is 11.1 Å². The third-order valence-corrected chi connectivity index (χ3v) is 4.70. The van der Waals surface area contributed by atoms with E-state index < -0.39 is 21.8 Å².